The molecule has 0 atom stereocenters. The molecule has 0 amide bonds. The van der Waals surface area contributed by atoms with Crippen LogP contribution in [0.15, 0.2) is 23.2 Å². The summed E-state index contributed by atoms with van der Waals surface area (Å²) in [6, 6.07) is 3.32. The average molecular weight is 185 g/mol. The van der Waals surface area contributed by atoms with Crippen molar-refractivity contribution in [3.63, 3.8) is 0 Å². The highest BCUT2D eigenvalue weighted by Crippen LogP contribution is 2.07. The van der Waals surface area contributed by atoms with Gasteiger partial charge in [-0.15, -0.1) is 0 Å². The van der Waals surface area contributed by atoms with Gasteiger partial charge in [-0.2, -0.15) is 0 Å². The highest BCUT2D eigenvalue weighted by molar-refractivity contribution is 7.90. The zero-order chi connectivity index (χ0) is 9.19. The summed E-state index contributed by atoms with van der Waals surface area (Å²) in [5, 5.41) is 0. The maximum atomic E-state index is 11.0. The van der Waals surface area contributed by atoms with Crippen LogP contribution < -0.4 is 0 Å². The third-order valence-electron chi connectivity index (χ3n) is 1.59. The minimum Gasteiger partial charge on any atom is -0.260 e. The van der Waals surface area contributed by atoms with Crippen LogP contribution in [0.25, 0.3) is 0 Å². The van der Waals surface area contributed by atoms with Crippen molar-refractivity contribution >= 4 is 9.84 Å². The lowest BCUT2D eigenvalue weighted by atomic mass is 10.3. The molecule has 0 aliphatic carbocycles. The lowest BCUT2D eigenvalue weighted by Crippen LogP contribution is -1.98. The lowest BCUT2D eigenvalue weighted by molar-refractivity contribution is 0.601. The van der Waals surface area contributed by atoms with Gasteiger partial charge < -0.3 is 0 Å². The fourth-order valence-corrected chi connectivity index (χ4v) is 1.40. The Morgan fingerprint density at radius 2 is 2.08 bits per heavy atom. The first-order valence-electron chi connectivity index (χ1n) is 3.69. The molecular weight excluding hydrogens is 174 g/mol. The predicted molar refractivity (Wildman–Crippen MR) is 46.7 cm³/mol. The third-order valence-corrected chi connectivity index (χ3v) is 2.69. The summed E-state index contributed by atoms with van der Waals surface area (Å²) in [6.45, 7) is 1.97. The van der Waals surface area contributed by atoms with Crippen molar-refractivity contribution in [1.29, 1.82) is 0 Å². The first-order valence-corrected chi connectivity index (χ1v) is 5.58. The van der Waals surface area contributed by atoms with E-state index in [2.05, 4.69) is 4.98 Å². The fraction of sp³-hybridized carbons (Fsp3) is 0.375. The summed E-state index contributed by atoms with van der Waals surface area (Å²) >= 11 is 0. The van der Waals surface area contributed by atoms with Crippen LogP contribution in [0.5, 0.6) is 0 Å². The summed E-state index contributed by atoms with van der Waals surface area (Å²) in [7, 11) is -3.09. The maximum absolute atomic E-state index is 11.0. The van der Waals surface area contributed by atoms with E-state index in [4.69, 9.17) is 0 Å². The van der Waals surface area contributed by atoms with Crippen molar-refractivity contribution in [2.45, 2.75) is 18.2 Å². The number of pyridine rings is 1. The minimum absolute atomic E-state index is 0.278. The van der Waals surface area contributed by atoms with Gasteiger partial charge in [-0.25, -0.2) is 8.42 Å². The molecule has 0 radical (unpaired) electrons. The van der Waals surface area contributed by atoms with Crippen LogP contribution >= 0.6 is 0 Å². The van der Waals surface area contributed by atoms with Crippen LogP contribution in [0.2, 0.25) is 0 Å². The lowest BCUT2D eigenvalue weighted by Gasteiger charge is -1.98. The number of rotatable bonds is 2. The molecule has 3 nitrogen and oxygen atoms in total. The maximum Gasteiger partial charge on any atom is 0.177 e. The van der Waals surface area contributed by atoms with E-state index >= 15 is 0 Å². The van der Waals surface area contributed by atoms with E-state index in [0.29, 0.717) is 0 Å². The molecule has 0 aliphatic heterocycles. The van der Waals surface area contributed by atoms with E-state index in [1.54, 1.807) is 12.1 Å². The second-order valence-corrected chi connectivity index (χ2v) is 4.63. The van der Waals surface area contributed by atoms with E-state index in [1.807, 2.05) is 6.92 Å². The van der Waals surface area contributed by atoms with Crippen molar-refractivity contribution < 1.29 is 8.42 Å². The van der Waals surface area contributed by atoms with E-state index in [-0.39, 0.29) is 4.90 Å². The van der Waals surface area contributed by atoms with Gasteiger partial charge in [0.25, 0.3) is 0 Å². The highest BCUT2D eigenvalue weighted by atomic mass is 32.2. The Balaban J connectivity index is 3.09. The number of hydrogen-bond donors (Lipinski definition) is 0. The van der Waals surface area contributed by atoms with Crippen LogP contribution in [-0.4, -0.2) is 19.7 Å². The second kappa shape index (κ2) is 3.23. The molecule has 0 aliphatic rings. The normalized spacial score (nSPS) is 11.5. The van der Waals surface area contributed by atoms with E-state index < -0.39 is 9.84 Å². The predicted octanol–water partition coefficient (Wildman–Crippen LogP) is 1.05. The molecule has 1 aromatic heterocycles. The van der Waals surface area contributed by atoms with Gasteiger partial charge in [-0.3, -0.25) is 4.98 Å². The fourth-order valence-electron chi connectivity index (χ4n) is 0.839. The number of aryl methyl sites for hydroxylation is 1. The molecule has 12 heavy (non-hydrogen) atoms. The SMILES string of the molecule is CCc1ccc(S(C)(=O)=O)cn1. The van der Waals surface area contributed by atoms with Crippen molar-refractivity contribution in [2.75, 3.05) is 6.26 Å². The topological polar surface area (TPSA) is 47.0 Å². The van der Waals surface area contributed by atoms with Gasteiger partial charge in [0.05, 0.1) is 4.90 Å². The molecule has 0 bridgehead atoms. The molecule has 0 saturated heterocycles. The first-order chi connectivity index (χ1) is 5.54. The molecular formula is C8H11NO2S. The van der Waals surface area contributed by atoms with Crippen LogP contribution in [0.1, 0.15) is 12.6 Å². The van der Waals surface area contributed by atoms with E-state index in [1.165, 1.54) is 12.5 Å². The molecule has 0 fully saturated rings. The smallest absolute Gasteiger partial charge is 0.177 e. The molecule has 1 rings (SSSR count). The Bertz CT molecular complexity index is 353. The van der Waals surface area contributed by atoms with Crippen molar-refractivity contribution in [3.8, 4) is 0 Å². The Labute approximate surface area is 72.4 Å². The molecule has 0 saturated carbocycles. The zero-order valence-electron chi connectivity index (χ0n) is 7.11. The Morgan fingerprint density at radius 3 is 2.42 bits per heavy atom. The van der Waals surface area contributed by atoms with Crippen LogP contribution in [0.3, 0.4) is 0 Å². The van der Waals surface area contributed by atoms with Crippen LogP contribution in [0.4, 0.5) is 0 Å². The summed E-state index contributed by atoms with van der Waals surface area (Å²) in [6.07, 6.45) is 3.40. The third kappa shape index (κ3) is 2.04. The van der Waals surface area contributed by atoms with Crippen LogP contribution in [0, 0.1) is 0 Å². The van der Waals surface area contributed by atoms with E-state index in [0.717, 1.165) is 12.1 Å². The molecule has 0 unspecified atom stereocenters. The Kier molecular flexibility index (Phi) is 2.47. The van der Waals surface area contributed by atoms with Gasteiger partial charge in [-0.1, -0.05) is 6.92 Å². The van der Waals surface area contributed by atoms with Gasteiger partial charge in [0, 0.05) is 18.1 Å². The standard InChI is InChI=1S/C8H11NO2S/c1-3-7-4-5-8(6-9-7)12(2,10)11/h4-6H,3H2,1-2H3. The largest absolute Gasteiger partial charge is 0.260 e. The van der Waals surface area contributed by atoms with Gasteiger partial charge in [0.2, 0.25) is 0 Å². The molecule has 0 aromatic carbocycles. The molecule has 66 valence electrons. The number of hydrogen-bond acceptors (Lipinski definition) is 3. The van der Waals surface area contributed by atoms with Crippen molar-refractivity contribution in [1.82, 2.24) is 4.98 Å². The summed E-state index contributed by atoms with van der Waals surface area (Å²) in [5.74, 6) is 0. The minimum atomic E-state index is -3.09. The number of sulfone groups is 1. The van der Waals surface area contributed by atoms with Gasteiger partial charge >= 0.3 is 0 Å². The zero-order valence-corrected chi connectivity index (χ0v) is 7.93. The monoisotopic (exact) mass is 185 g/mol. The van der Waals surface area contributed by atoms with Crippen molar-refractivity contribution in [2.24, 2.45) is 0 Å². The average Bonchev–Trinajstić information content (AvgIpc) is 2.03. The van der Waals surface area contributed by atoms with Gasteiger partial charge in [0.15, 0.2) is 9.84 Å². The van der Waals surface area contributed by atoms with Gasteiger partial charge in [-0.05, 0) is 18.6 Å². The summed E-state index contributed by atoms with van der Waals surface area (Å²) in [4.78, 5) is 4.26. The van der Waals surface area contributed by atoms with Gasteiger partial charge in [0.1, 0.15) is 0 Å². The molecule has 0 spiro atoms. The number of aromatic nitrogens is 1. The Morgan fingerprint density at radius 1 is 1.42 bits per heavy atom. The number of nitrogens with zero attached hydrogens (tertiary/aromatic N) is 1. The summed E-state index contributed by atoms with van der Waals surface area (Å²) < 4.78 is 22.0. The Hall–Kier alpha value is -0.900. The summed E-state index contributed by atoms with van der Waals surface area (Å²) in [5.41, 5.74) is 0.905. The quantitative estimate of drug-likeness (QED) is 0.691. The molecule has 4 heteroatoms. The van der Waals surface area contributed by atoms with Crippen LogP contribution in [-0.2, 0) is 16.3 Å². The molecule has 1 aromatic rings. The first kappa shape index (κ1) is 9.19. The van der Waals surface area contributed by atoms with E-state index in [9.17, 15) is 8.42 Å². The second-order valence-electron chi connectivity index (χ2n) is 2.61. The molecule has 1 heterocycles. The molecule has 0 N–H and O–H groups in total. The highest BCUT2D eigenvalue weighted by Gasteiger charge is 2.05. The van der Waals surface area contributed by atoms with Crippen molar-refractivity contribution in [3.05, 3.63) is 24.0 Å².